The van der Waals surface area contributed by atoms with E-state index in [1.807, 2.05) is 13.8 Å². The summed E-state index contributed by atoms with van der Waals surface area (Å²) in [4.78, 5) is 28.3. The average Bonchev–Trinajstić information content (AvgIpc) is 2.91. The molecule has 0 fully saturated rings. The van der Waals surface area contributed by atoms with Crippen LogP contribution in [-0.4, -0.2) is 50.9 Å². The van der Waals surface area contributed by atoms with E-state index in [0.717, 1.165) is 28.6 Å². The Morgan fingerprint density at radius 3 is 2.23 bits per heavy atom. The number of nitrogens with zero attached hydrogens (tertiary/aromatic N) is 2. The molecule has 2 amide bonds. The van der Waals surface area contributed by atoms with Crippen LogP contribution in [0.15, 0.2) is 83.8 Å². The van der Waals surface area contributed by atoms with E-state index < -0.39 is 34.3 Å². The number of ether oxygens (including phenoxy) is 1. The number of carbonyl (C=O) groups is 2. The number of sulfonamides is 1. The van der Waals surface area contributed by atoms with Crippen molar-refractivity contribution in [2.45, 2.75) is 50.7 Å². The Hall–Kier alpha value is -3.92. The third-order valence-corrected chi connectivity index (χ3v) is 7.82. The van der Waals surface area contributed by atoms with E-state index in [4.69, 9.17) is 4.74 Å². The number of amides is 2. The minimum atomic E-state index is -4.26. The van der Waals surface area contributed by atoms with Gasteiger partial charge in [-0.3, -0.25) is 13.9 Å². The highest BCUT2D eigenvalue weighted by Gasteiger charge is 2.33. The molecule has 0 unspecified atom stereocenters. The van der Waals surface area contributed by atoms with Crippen molar-refractivity contribution in [3.05, 3.63) is 90.2 Å². The lowest BCUT2D eigenvalue weighted by molar-refractivity contribution is -0.140. The molecule has 3 rings (SSSR count). The summed E-state index contributed by atoms with van der Waals surface area (Å²) in [7, 11) is -2.72. The molecule has 1 N–H and O–H groups in total. The van der Waals surface area contributed by atoms with Crippen LogP contribution in [0.1, 0.15) is 32.8 Å². The van der Waals surface area contributed by atoms with Crippen LogP contribution in [0.3, 0.4) is 0 Å². The number of hydrogen-bond donors (Lipinski definition) is 1. The van der Waals surface area contributed by atoms with E-state index in [1.165, 1.54) is 12.0 Å². The number of para-hydroxylation sites is 1. The standard InChI is InChI=1S/C29H34FN3O5S/c1-5-27(29(35)31-21(2)3)32(19-22-10-9-13-25(18-22)38-4)28(34)20-33(24-11-7-6-8-12-24)39(36,37)26-16-14-23(30)15-17-26/h6-18,21,27H,5,19-20H2,1-4H3,(H,31,35)/t27-/m1/s1. The molecule has 0 radical (unpaired) electrons. The van der Waals surface area contributed by atoms with Crippen LogP contribution in [0.2, 0.25) is 0 Å². The molecule has 0 aliphatic heterocycles. The van der Waals surface area contributed by atoms with Crippen LogP contribution in [-0.2, 0) is 26.2 Å². The molecule has 3 aromatic rings. The predicted octanol–water partition coefficient (Wildman–Crippen LogP) is 4.36. The van der Waals surface area contributed by atoms with Crippen LogP contribution in [0.25, 0.3) is 0 Å². The third kappa shape index (κ3) is 7.57. The molecule has 0 bridgehead atoms. The monoisotopic (exact) mass is 555 g/mol. The summed E-state index contributed by atoms with van der Waals surface area (Å²) in [5.74, 6) is -0.901. The van der Waals surface area contributed by atoms with E-state index in [0.29, 0.717) is 17.7 Å². The summed E-state index contributed by atoms with van der Waals surface area (Å²) >= 11 is 0. The van der Waals surface area contributed by atoms with E-state index in [-0.39, 0.29) is 29.1 Å². The van der Waals surface area contributed by atoms with E-state index in [9.17, 15) is 22.4 Å². The van der Waals surface area contributed by atoms with Gasteiger partial charge >= 0.3 is 0 Å². The van der Waals surface area contributed by atoms with E-state index >= 15 is 0 Å². The average molecular weight is 556 g/mol. The topological polar surface area (TPSA) is 96.0 Å². The molecule has 0 aliphatic rings. The van der Waals surface area contributed by atoms with Gasteiger partial charge in [-0.15, -0.1) is 0 Å². The number of methoxy groups -OCH3 is 1. The molecule has 3 aromatic carbocycles. The van der Waals surface area contributed by atoms with Crippen LogP contribution >= 0.6 is 0 Å². The van der Waals surface area contributed by atoms with Crippen molar-refractivity contribution in [3.8, 4) is 5.75 Å². The van der Waals surface area contributed by atoms with Crippen LogP contribution in [0.4, 0.5) is 10.1 Å². The van der Waals surface area contributed by atoms with Crippen LogP contribution in [0, 0.1) is 5.82 Å². The zero-order valence-electron chi connectivity index (χ0n) is 22.5. The van der Waals surface area contributed by atoms with Crippen molar-refractivity contribution in [3.63, 3.8) is 0 Å². The lowest BCUT2D eigenvalue weighted by Crippen LogP contribution is -2.53. The fourth-order valence-electron chi connectivity index (χ4n) is 4.12. The number of anilines is 1. The molecule has 10 heteroatoms. The second-order valence-corrected chi connectivity index (χ2v) is 11.1. The maximum atomic E-state index is 14.0. The first-order chi connectivity index (χ1) is 18.6. The summed E-state index contributed by atoms with van der Waals surface area (Å²) in [6, 6.07) is 18.7. The smallest absolute Gasteiger partial charge is 0.264 e. The Morgan fingerprint density at radius 1 is 0.974 bits per heavy atom. The Labute approximate surface area is 229 Å². The molecule has 0 heterocycles. The van der Waals surface area contributed by atoms with Crippen molar-refractivity contribution in [2.75, 3.05) is 18.0 Å². The van der Waals surface area contributed by atoms with Crippen molar-refractivity contribution < 1.29 is 27.1 Å². The van der Waals surface area contributed by atoms with Crippen molar-refractivity contribution in [2.24, 2.45) is 0 Å². The molecule has 0 saturated carbocycles. The Balaban J connectivity index is 2.04. The first kappa shape index (κ1) is 29.6. The lowest BCUT2D eigenvalue weighted by atomic mass is 10.1. The van der Waals surface area contributed by atoms with Gasteiger partial charge in [0.2, 0.25) is 11.8 Å². The van der Waals surface area contributed by atoms with E-state index in [1.54, 1.807) is 61.5 Å². The van der Waals surface area contributed by atoms with E-state index in [2.05, 4.69) is 5.32 Å². The number of nitrogens with one attached hydrogen (secondary N) is 1. The fourth-order valence-corrected chi connectivity index (χ4v) is 5.54. The number of benzene rings is 3. The SMILES string of the molecule is CC[C@H](C(=O)NC(C)C)N(Cc1cccc(OC)c1)C(=O)CN(c1ccccc1)S(=O)(=O)c1ccc(F)cc1. The molecular weight excluding hydrogens is 521 g/mol. The number of rotatable bonds is 12. The number of carbonyl (C=O) groups excluding carboxylic acids is 2. The summed E-state index contributed by atoms with van der Waals surface area (Å²) in [5.41, 5.74) is 0.974. The normalized spacial score (nSPS) is 12.1. The molecule has 0 spiro atoms. The first-order valence-electron chi connectivity index (χ1n) is 12.6. The molecule has 208 valence electrons. The zero-order chi connectivity index (χ0) is 28.6. The fraction of sp³-hybridized carbons (Fsp3) is 0.310. The molecule has 8 nitrogen and oxygen atoms in total. The maximum Gasteiger partial charge on any atom is 0.264 e. The Kier molecular flexibility index (Phi) is 10.1. The Morgan fingerprint density at radius 2 is 1.64 bits per heavy atom. The maximum absolute atomic E-state index is 14.0. The predicted molar refractivity (Wildman–Crippen MR) is 148 cm³/mol. The minimum Gasteiger partial charge on any atom is -0.497 e. The van der Waals surface area contributed by atoms with Crippen LogP contribution < -0.4 is 14.4 Å². The summed E-state index contributed by atoms with van der Waals surface area (Å²) in [5, 5.41) is 2.86. The van der Waals surface area contributed by atoms with Gasteiger partial charge in [-0.1, -0.05) is 37.3 Å². The molecule has 0 aromatic heterocycles. The van der Waals surface area contributed by atoms with Gasteiger partial charge in [0.15, 0.2) is 0 Å². The van der Waals surface area contributed by atoms with Gasteiger partial charge in [0, 0.05) is 12.6 Å². The quantitative estimate of drug-likeness (QED) is 0.358. The molecular formula is C29H34FN3O5S. The summed E-state index contributed by atoms with van der Waals surface area (Å²) in [6.45, 7) is 4.93. The summed E-state index contributed by atoms with van der Waals surface area (Å²) < 4.78 is 47.2. The van der Waals surface area contributed by atoms with Crippen molar-refractivity contribution in [1.82, 2.24) is 10.2 Å². The Bertz CT molecular complexity index is 1370. The molecule has 1 atom stereocenters. The third-order valence-electron chi connectivity index (χ3n) is 6.03. The van der Waals surface area contributed by atoms with Gasteiger partial charge < -0.3 is 15.0 Å². The minimum absolute atomic E-state index is 0.0548. The second kappa shape index (κ2) is 13.2. The van der Waals surface area contributed by atoms with Crippen molar-refractivity contribution in [1.29, 1.82) is 0 Å². The van der Waals surface area contributed by atoms with Gasteiger partial charge in [0.05, 0.1) is 17.7 Å². The lowest BCUT2D eigenvalue weighted by Gasteiger charge is -2.33. The highest BCUT2D eigenvalue weighted by molar-refractivity contribution is 7.92. The number of halogens is 1. The zero-order valence-corrected chi connectivity index (χ0v) is 23.3. The highest BCUT2D eigenvalue weighted by atomic mass is 32.2. The molecule has 0 aliphatic carbocycles. The van der Waals surface area contributed by atoms with Gasteiger partial charge in [-0.2, -0.15) is 0 Å². The highest BCUT2D eigenvalue weighted by Crippen LogP contribution is 2.25. The second-order valence-electron chi connectivity index (χ2n) is 9.26. The van der Waals surface area contributed by atoms with Crippen LogP contribution in [0.5, 0.6) is 5.75 Å². The van der Waals surface area contributed by atoms with Gasteiger partial charge in [0.25, 0.3) is 10.0 Å². The molecule has 39 heavy (non-hydrogen) atoms. The first-order valence-corrected chi connectivity index (χ1v) is 14.1. The van der Waals surface area contributed by atoms with Crippen molar-refractivity contribution >= 4 is 27.5 Å². The van der Waals surface area contributed by atoms with Gasteiger partial charge in [-0.05, 0) is 74.4 Å². The van der Waals surface area contributed by atoms with Gasteiger partial charge in [0.1, 0.15) is 24.2 Å². The number of hydrogen-bond acceptors (Lipinski definition) is 5. The molecule has 0 saturated heterocycles. The summed E-state index contributed by atoms with van der Waals surface area (Å²) in [6.07, 6.45) is 0.310. The largest absolute Gasteiger partial charge is 0.497 e. The van der Waals surface area contributed by atoms with Gasteiger partial charge in [-0.25, -0.2) is 12.8 Å².